The van der Waals surface area contributed by atoms with E-state index in [0.29, 0.717) is 36.0 Å². The predicted octanol–water partition coefficient (Wildman–Crippen LogP) is 3.77. The first-order chi connectivity index (χ1) is 16.6. The van der Waals surface area contributed by atoms with Gasteiger partial charge in [0.2, 0.25) is 0 Å². The van der Waals surface area contributed by atoms with E-state index in [1.807, 2.05) is 29.3 Å². The molecule has 1 saturated heterocycles. The van der Waals surface area contributed by atoms with E-state index in [-0.39, 0.29) is 17.6 Å². The van der Waals surface area contributed by atoms with Gasteiger partial charge < -0.3 is 16.0 Å². The van der Waals surface area contributed by atoms with Gasteiger partial charge in [0.1, 0.15) is 16.5 Å². The Morgan fingerprint density at radius 3 is 3.00 bits per heavy atom. The minimum Gasteiger partial charge on any atom is -0.366 e. The van der Waals surface area contributed by atoms with E-state index in [1.54, 1.807) is 34.6 Å². The Kier molecular flexibility index (Phi) is 6.33. The fourth-order valence-electron chi connectivity index (χ4n) is 4.07. The van der Waals surface area contributed by atoms with Crippen LogP contribution in [0.1, 0.15) is 29.0 Å². The number of rotatable bonds is 6. The van der Waals surface area contributed by atoms with E-state index < -0.39 is 5.91 Å². The molecule has 10 heteroatoms. The van der Waals surface area contributed by atoms with E-state index in [4.69, 9.17) is 5.73 Å². The minimum absolute atomic E-state index is 0.0170. The van der Waals surface area contributed by atoms with Crippen molar-refractivity contribution in [2.75, 3.05) is 23.3 Å². The number of pyridine rings is 1. The van der Waals surface area contributed by atoms with E-state index in [2.05, 4.69) is 20.4 Å². The second kappa shape index (κ2) is 9.70. The predicted molar refractivity (Wildman–Crippen MR) is 130 cm³/mol. The average Bonchev–Trinajstić information content (AvgIpc) is 3.50. The molecule has 1 amide bonds. The Bertz CT molecular complexity index is 1290. The molecule has 0 aliphatic carbocycles. The molecule has 1 fully saturated rings. The quantitative estimate of drug-likeness (QED) is 0.438. The first kappa shape index (κ1) is 22.2. The zero-order valence-electron chi connectivity index (χ0n) is 18.4. The number of carbonyl (C=O) groups excluding carboxylic acids is 1. The zero-order valence-corrected chi connectivity index (χ0v) is 19.2. The molecule has 5 rings (SSSR count). The van der Waals surface area contributed by atoms with E-state index in [9.17, 15) is 9.18 Å². The van der Waals surface area contributed by atoms with Gasteiger partial charge in [0, 0.05) is 42.5 Å². The summed E-state index contributed by atoms with van der Waals surface area (Å²) in [7, 11) is 0. The molecule has 0 radical (unpaired) electrons. The van der Waals surface area contributed by atoms with E-state index in [0.717, 1.165) is 24.1 Å². The number of anilines is 2. The molecule has 1 aliphatic rings. The highest BCUT2D eigenvalue weighted by Crippen LogP contribution is 2.32. The smallest absolute Gasteiger partial charge is 0.275 e. The van der Waals surface area contributed by atoms with Crippen LogP contribution in [0.4, 0.5) is 15.8 Å². The first-order valence-electron chi connectivity index (χ1n) is 11.1. The lowest BCUT2D eigenvalue weighted by Crippen LogP contribution is -2.43. The SMILES string of the molecule is NC1CCCN(c2c(F)cccc2NC(=O)c2csc(-c3cnn(Cc4ccccn4)c3)n2)C1. The van der Waals surface area contributed by atoms with Crippen molar-refractivity contribution in [2.24, 2.45) is 5.73 Å². The van der Waals surface area contributed by atoms with Gasteiger partial charge >= 0.3 is 0 Å². The maximum atomic E-state index is 14.7. The molecule has 3 aromatic heterocycles. The average molecular weight is 478 g/mol. The van der Waals surface area contributed by atoms with Crippen LogP contribution in [0, 0.1) is 5.82 Å². The molecule has 0 spiro atoms. The third-order valence-electron chi connectivity index (χ3n) is 5.68. The molecular weight excluding hydrogens is 453 g/mol. The van der Waals surface area contributed by atoms with Crippen molar-refractivity contribution in [2.45, 2.75) is 25.4 Å². The van der Waals surface area contributed by atoms with Crippen LogP contribution >= 0.6 is 11.3 Å². The molecule has 3 N–H and O–H groups in total. The van der Waals surface area contributed by atoms with Crippen LogP contribution in [0.5, 0.6) is 0 Å². The standard InChI is InChI=1S/C24H24FN7OS/c25-19-7-3-8-20(22(19)31-10-4-5-17(26)13-31)29-23(33)21-15-34-24(30-21)16-11-28-32(12-16)14-18-6-1-2-9-27-18/h1-3,6-9,11-12,15,17H,4-5,10,13-14,26H2,(H,29,33). The second-order valence-corrected chi connectivity index (χ2v) is 9.08. The van der Waals surface area contributed by atoms with Gasteiger partial charge in [-0.1, -0.05) is 12.1 Å². The summed E-state index contributed by atoms with van der Waals surface area (Å²) in [5.41, 5.74) is 8.85. The zero-order chi connectivity index (χ0) is 23.5. The molecule has 1 aromatic carbocycles. The van der Waals surface area contributed by atoms with Gasteiger partial charge in [-0.3, -0.25) is 14.5 Å². The van der Waals surface area contributed by atoms with Crippen LogP contribution < -0.4 is 16.0 Å². The number of hydrogen-bond donors (Lipinski definition) is 2. The second-order valence-electron chi connectivity index (χ2n) is 8.22. The number of thiazole rings is 1. The maximum Gasteiger partial charge on any atom is 0.275 e. The van der Waals surface area contributed by atoms with Crippen molar-refractivity contribution in [3.8, 4) is 10.6 Å². The summed E-state index contributed by atoms with van der Waals surface area (Å²) in [5.74, 6) is -0.775. The van der Waals surface area contributed by atoms with Crippen molar-refractivity contribution in [3.05, 3.63) is 77.6 Å². The number of nitrogens with zero attached hydrogens (tertiary/aromatic N) is 5. The number of para-hydroxylation sites is 1. The number of benzene rings is 1. The minimum atomic E-state index is -0.392. The van der Waals surface area contributed by atoms with Crippen molar-refractivity contribution >= 4 is 28.6 Å². The molecule has 174 valence electrons. The molecule has 8 nitrogen and oxygen atoms in total. The molecule has 0 saturated carbocycles. The number of amides is 1. The van der Waals surface area contributed by atoms with Crippen molar-refractivity contribution in [1.29, 1.82) is 0 Å². The Morgan fingerprint density at radius 1 is 1.26 bits per heavy atom. The molecule has 34 heavy (non-hydrogen) atoms. The summed E-state index contributed by atoms with van der Waals surface area (Å²) in [6.07, 6.45) is 7.13. The van der Waals surface area contributed by atoms with E-state index in [1.165, 1.54) is 17.4 Å². The number of nitrogens with one attached hydrogen (secondary N) is 1. The van der Waals surface area contributed by atoms with Crippen LogP contribution in [0.2, 0.25) is 0 Å². The van der Waals surface area contributed by atoms with Crippen molar-refractivity contribution < 1.29 is 9.18 Å². The Labute approximate surface area is 200 Å². The number of aromatic nitrogens is 4. The third kappa shape index (κ3) is 4.82. The molecule has 1 aliphatic heterocycles. The summed E-state index contributed by atoms with van der Waals surface area (Å²) < 4.78 is 16.5. The normalized spacial score (nSPS) is 15.9. The number of carbonyl (C=O) groups is 1. The number of piperidine rings is 1. The van der Waals surface area contributed by atoms with Crippen molar-refractivity contribution in [1.82, 2.24) is 19.7 Å². The highest BCUT2D eigenvalue weighted by Gasteiger charge is 2.23. The molecule has 4 heterocycles. The number of hydrogen-bond acceptors (Lipinski definition) is 7. The fraction of sp³-hybridized carbons (Fsp3) is 0.250. The lowest BCUT2D eigenvalue weighted by molar-refractivity contribution is 0.102. The fourth-order valence-corrected chi connectivity index (χ4v) is 4.84. The molecule has 4 aromatic rings. The van der Waals surface area contributed by atoms with Crippen LogP contribution in [0.15, 0.2) is 60.4 Å². The Morgan fingerprint density at radius 2 is 2.18 bits per heavy atom. The Balaban J connectivity index is 1.31. The summed E-state index contributed by atoms with van der Waals surface area (Å²) in [6, 6.07) is 10.4. The van der Waals surface area contributed by atoms with Gasteiger partial charge in [0.25, 0.3) is 5.91 Å². The molecular formula is C24H24FN7OS. The molecule has 1 unspecified atom stereocenters. The van der Waals surface area contributed by atoms with Crippen molar-refractivity contribution in [3.63, 3.8) is 0 Å². The van der Waals surface area contributed by atoms with Crippen LogP contribution in [-0.4, -0.2) is 44.8 Å². The highest BCUT2D eigenvalue weighted by atomic mass is 32.1. The first-order valence-corrected chi connectivity index (χ1v) is 11.9. The van der Waals surface area contributed by atoms with Gasteiger partial charge in [0.15, 0.2) is 0 Å². The summed E-state index contributed by atoms with van der Waals surface area (Å²) in [4.78, 5) is 23.7. The van der Waals surface area contributed by atoms with Crippen LogP contribution in [-0.2, 0) is 6.54 Å². The molecule has 1 atom stereocenters. The van der Waals surface area contributed by atoms with Gasteiger partial charge in [0.05, 0.1) is 29.8 Å². The molecule has 0 bridgehead atoms. The van der Waals surface area contributed by atoms with Gasteiger partial charge in [-0.15, -0.1) is 11.3 Å². The Hall–Kier alpha value is -3.63. The van der Waals surface area contributed by atoms with Crippen LogP contribution in [0.3, 0.4) is 0 Å². The lowest BCUT2D eigenvalue weighted by atomic mass is 10.1. The number of halogens is 1. The topological polar surface area (TPSA) is 102 Å². The van der Waals surface area contributed by atoms with E-state index >= 15 is 0 Å². The summed E-state index contributed by atoms with van der Waals surface area (Å²) in [6.45, 7) is 1.79. The maximum absolute atomic E-state index is 14.7. The van der Waals surface area contributed by atoms with Gasteiger partial charge in [-0.25, -0.2) is 9.37 Å². The van der Waals surface area contributed by atoms with Gasteiger partial charge in [-0.05, 0) is 37.1 Å². The monoisotopic (exact) mass is 477 g/mol. The summed E-state index contributed by atoms with van der Waals surface area (Å²) >= 11 is 1.35. The summed E-state index contributed by atoms with van der Waals surface area (Å²) in [5, 5.41) is 9.58. The number of nitrogens with two attached hydrogens (primary N) is 1. The lowest BCUT2D eigenvalue weighted by Gasteiger charge is -2.34. The third-order valence-corrected chi connectivity index (χ3v) is 6.57. The largest absolute Gasteiger partial charge is 0.366 e. The van der Waals surface area contributed by atoms with Crippen LogP contribution in [0.25, 0.3) is 10.6 Å². The van der Waals surface area contributed by atoms with Gasteiger partial charge in [-0.2, -0.15) is 5.10 Å². The highest BCUT2D eigenvalue weighted by molar-refractivity contribution is 7.13.